The molecule has 1 atom stereocenters. The van der Waals surface area contributed by atoms with Crippen molar-refractivity contribution in [3.63, 3.8) is 0 Å². The lowest BCUT2D eigenvalue weighted by Crippen LogP contribution is -2.47. The van der Waals surface area contributed by atoms with Gasteiger partial charge >= 0.3 is 6.09 Å². The van der Waals surface area contributed by atoms with Crippen LogP contribution in [0, 0.1) is 12.8 Å². The van der Waals surface area contributed by atoms with Crippen LogP contribution >= 0.6 is 0 Å². The maximum Gasteiger partial charge on any atom is 0.411 e. The Bertz CT molecular complexity index is 1740. The summed E-state index contributed by atoms with van der Waals surface area (Å²) in [6.07, 6.45) is -0.861. The average Bonchev–Trinajstić information content (AvgIpc) is 3.54. The normalized spacial score (nSPS) is 12.0. The van der Waals surface area contributed by atoms with Crippen LogP contribution in [0.5, 0.6) is 5.75 Å². The van der Waals surface area contributed by atoms with Gasteiger partial charge in [-0.1, -0.05) is 56.3 Å². The van der Waals surface area contributed by atoms with Crippen molar-refractivity contribution in [3.05, 3.63) is 88.0 Å². The van der Waals surface area contributed by atoms with Gasteiger partial charge in [0.1, 0.15) is 23.8 Å². The van der Waals surface area contributed by atoms with Gasteiger partial charge in [0, 0.05) is 5.56 Å². The number of carbonyl (C=O) groups excluding carboxylic acids is 3. The summed E-state index contributed by atoms with van der Waals surface area (Å²) in [5, 5.41) is 13.2. The number of hydrogen-bond donors (Lipinski definition) is 2. The van der Waals surface area contributed by atoms with E-state index >= 15 is 0 Å². The summed E-state index contributed by atoms with van der Waals surface area (Å²) in [6, 6.07) is 15.2. The van der Waals surface area contributed by atoms with Gasteiger partial charge < -0.3 is 19.2 Å². The number of nitrogens with one attached hydrogen (secondary N) is 2. The number of benzene rings is 2. The molecule has 0 aliphatic carbocycles. The van der Waals surface area contributed by atoms with Crippen molar-refractivity contribution in [2.45, 2.75) is 52.6 Å². The van der Waals surface area contributed by atoms with Crippen LogP contribution in [0.15, 0.2) is 63.8 Å². The minimum absolute atomic E-state index is 0.135. The number of carbonyl (C=O) groups is 3. The van der Waals surface area contributed by atoms with Crippen molar-refractivity contribution in [1.29, 1.82) is 0 Å². The Labute approximate surface area is 260 Å². The van der Waals surface area contributed by atoms with E-state index in [1.54, 1.807) is 58.2 Å². The van der Waals surface area contributed by atoms with Crippen LogP contribution in [-0.2, 0) is 21.5 Å². The molecule has 0 saturated heterocycles. The molecule has 0 fully saturated rings. The lowest BCUT2D eigenvalue weighted by molar-refractivity contribution is -0.122. The summed E-state index contributed by atoms with van der Waals surface area (Å²) >= 11 is 0. The van der Waals surface area contributed by atoms with E-state index in [-0.39, 0.29) is 34.9 Å². The highest BCUT2D eigenvalue weighted by Gasteiger charge is 2.34. The maximum atomic E-state index is 13.6. The van der Waals surface area contributed by atoms with Crippen LogP contribution in [0.4, 0.5) is 10.5 Å². The number of ketones is 1. The molecular formula is C32H36N6O7. The van der Waals surface area contributed by atoms with E-state index in [2.05, 4.69) is 30.6 Å². The van der Waals surface area contributed by atoms with E-state index in [1.807, 2.05) is 38.1 Å². The van der Waals surface area contributed by atoms with Gasteiger partial charge in [-0.3, -0.25) is 24.3 Å². The molecule has 2 heterocycles. The highest BCUT2D eigenvalue weighted by Crippen LogP contribution is 2.32. The molecule has 0 radical (unpaired) electrons. The number of aromatic nitrogens is 4. The average molecular weight is 617 g/mol. The number of hydrogen-bond acceptors (Lipinski definition) is 10. The molecule has 4 rings (SSSR count). The summed E-state index contributed by atoms with van der Waals surface area (Å²) in [4.78, 5) is 57.0. The molecule has 2 aromatic carbocycles. The van der Waals surface area contributed by atoms with Crippen LogP contribution < -0.4 is 20.9 Å². The fourth-order valence-corrected chi connectivity index (χ4v) is 4.65. The monoisotopic (exact) mass is 616 g/mol. The summed E-state index contributed by atoms with van der Waals surface area (Å²) in [6.45, 7) is 8.36. The summed E-state index contributed by atoms with van der Waals surface area (Å²) in [7, 11) is 2.75. The molecule has 0 bridgehead atoms. The molecule has 13 nitrogen and oxygen atoms in total. The number of anilines is 1. The number of Topliss-reactive ketones (excluding diaryl/α,β-unsaturated/α-hetero) is 1. The third-order valence-corrected chi connectivity index (χ3v) is 7.34. The molecule has 13 heteroatoms. The second-order valence-electron chi connectivity index (χ2n) is 11.2. The third-order valence-electron chi connectivity index (χ3n) is 7.34. The van der Waals surface area contributed by atoms with E-state index in [0.717, 1.165) is 17.2 Å². The number of nitrogens with zero attached hydrogens (tertiary/aromatic N) is 4. The standard InChI is InChI=1S/C32H36N6O7/c1-18(2)24(26(40)28-36-37-30(45-28)32(4,5)21-13-15-22(43-6)16-14-21)34-23(39)17-38-27(20-11-9-8-10-12-20)33-19(3)25(29(38)41)35-31(42)44-7/h8-16,18,24H,17H2,1-7H3,(H,34,39)(H,35,42)/t24-/m1/s1. The lowest BCUT2D eigenvalue weighted by Gasteiger charge is -2.22. The molecular weight excluding hydrogens is 580 g/mol. The van der Waals surface area contributed by atoms with E-state index in [0.29, 0.717) is 11.3 Å². The van der Waals surface area contributed by atoms with Crippen molar-refractivity contribution < 1.29 is 28.3 Å². The van der Waals surface area contributed by atoms with Crippen LogP contribution in [0.3, 0.4) is 0 Å². The zero-order chi connectivity index (χ0) is 32.9. The van der Waals surface area contributed by atoms with E-state index in [4.69, 9.17) is 9.15 Å². The first kappa shape index (κ1) is 32.6. The SMILES string of the molecule is COC(=O)Nc1c(C)nc(-c2ccccc2)n(CC(=O)N[C@@H](C(=O)c2nnc(C(C)(C)c3ccc(OC)cc3)o2)C(C)C)c1=O. The van der Waals surface area contributed by atoms with Gasteiger partial charge in [-0.25, -0.2) is 9.78 Å². The summed E-state index contributed by atoms with van der Waals surface area (Å²) < 4.78 is 16.9. The fourth-order valence-electron chi connectivity index (χ4n) is 4.65. The molecule has 0 aliphatic rings. The Morgan fingerprint density at radius 3 is 2.27 bits per heavy atom. The predicted octanol–water partition coefficient (Wildman–Crippen LogP) is 4.14. The fraction of sp³-hybridized carbons (Fsp3) is 0.344. The van der Waals surface area contributed by atoms with Crippen molar-refractivity contribution in [2.75, 3.05) is 19.5 Å². The van der Waals surface area contributed by atoms with Crippen LogP contribution in [0.1, 0.15) is 55.5 Å². The number of methoxy groups -OCH3 is 2. The van der Waals surface area contributed by atoms with Crippen molar-refractivity contribution in [1.82, 2.24) is 25.1 Å². The Kier molecular flexibility index (Phi) is 9.80. The van der Waals surface area contributed by atoms with Gasteiger partial charge in [0.05, 0.1) is 31.4 Å². The minimum atomic E-state index is -1.04. The maximum absolute atomic E-state index is 13.6. The molecule has 0 unspecified atom stereocenters. The number of rotatable bonds is 11. The van der Waals surface area contributed by atoms with Gasteiger partial charge in [0.15, 0.2) is 0 Å². The molecule has 2 amide bonds. The van der Waals surface area contributed by atoms with Crippen molar-refractivity contribution in [3.8, 4) is 17.1 Å². The topological polar surface area (TPSA) is 168 Å². The largest absolute Gasteiger partial charge is 0.497 e. The zero-order valence-corrected chi connectivity index (χ0v) is 26.2. The first-order valence-corrected chi connectivity index (χ1v) is 14.2. The first-order chi connectivity index (χ1) is 21.4. The molecule has 236 valence electrons. The summed E-state index contributed by atoms with van der Waals surface area (Å²) in [5.74, 6) is -0.720. The zero-order valence-electron chi connectivity index (χ0n) is 26.2. The smallest absolute Gasteiger partial charge is 0.411 e. The van der Waals surface area contributed by atoms with Gasteiger partial charge in [0.25, 0.3) is 11.4 Å². The van der Waals surface area contributed by atoms with Crippen molar-refractivity contribution in [2.24, 2.45) is 5.92 Å². The van der Waals surface area contributed by atoms with Crippen molar-refractivity contribution >= 4 is 23.5 Å². The molecule has 0 saturated carbocycles. The van der Waals surface area contributed by atoms with Gasteiger partial charge in [-0.15, -0.1) is 10.2 Å². The number of amides is 2. The Morgan fingerprint density at radius 2 is 1.67 bits per heavy atom. The molecule has 45 heavy (non-hydrogen) atoms. The highest BCUT2D eigenvalue weighted by atomic mass is 16.5. The quantitative estimate of drug-likeness (QED) is 0.234. The first-order valence-electron chi connectivity index (χ1n) is 14.2. The Balaban J connectivity index is 1.61. The lowest BCUT2D eigenvalue weighted by atomic mass is 9.84. The Hall–Kier alpha value is -5.33. The third kappa shape index (κ3) is 7.08. The van der Waals surface area contributed by atoms with E-state index < -0.39 is 41.3 Å². The van der Waals surface area contributed by atoms with Gasteiger partial charge in [-0.2, -0.15) is 0 Å². The number of aryl methyl sites for hydroxylation is 1. The molecule has 0 spiro atoms. The van der Waals surface area contributed by atoms with E-state index in [9.17, 15) is 19.2 Å². The second kappa shape index (κ2) is 13.5. The van der Waals surface area contributed by atoms with Crippen LogP contribution in [-0.4, -0.2) is 57.8 Å². The highest BCUT2D eigenvalue weighted by molar-refractivity contribution is 5.98. The van der Waals surface area contributed by atoms with E-state index in [1.165, 1.54) is 0 Å². The van der Waals surface area contributed by atoms with Crippen LogP contribution in [0.25, 0.3) is 11.4 Å². The summed E-state index contributed by atoms with van der Waals surface area (Å²) in [5.41, 5.74) is 0.149. The van der Waals surface area contributed by atoms with Gasteiger partial charge in [0.2, 0.25) is 17.6 Å². The van der Waals surface area contributed by atoms with Gasteiger partial charge in [-0.05, 0) is 44.4 Å². The predicted molar refractivity (Wildman–Crippen MR) is 165 cm³/mol. The molecule has 2 N–H and O–H groups in total. The molecule has 4 aromatic rings. The minimum Gasteiger partial charge on any atom is -0.497 e. The second-order valence-corrected chi connectivity index (χ2v) is 11.2. The molecule has 0 aliphatic heterocycles. The Morgan fingerprint density at radius 1 is 1.00 bits per heavy atom. The molecule has 2 aromatic heterocycles. The van der Waals surface area contributed by atoms with Crippen LogP contribution in [0.2, 0.25) is 0 Å². The number of ether oxygens (including phenoxy) is 2.